The molecule has 2 heterocycles. The van der Waals surface area contributed by atoms with Gasteiger partial charge in [-0.25, -0.2) is 4.98 Å². The third kappa shape index (κ3) is 3.68. The molecule has 4 nitrogen and oxygen atoms in total. The molecule has 0 radical (unpaired) electrons. The van der Waals surface area contributed by atoms with Crippen molar-refractivity contribution in [3.05, 3.63) is 82.2 Å². The van der Waals surface area contributed by atoms with E-state index in [1.165, 1.54) is 16.9 Å². The summed E-state index contributed by atoms with van der Waals surface area (Å²) in [4.78, 5) is 17.4. The molecule has 2 aromatic heterocycles. The third-order valence-electron chi connectivity index (χ3n) is 4.31. The topological polar surface area (TPSA) is 55.1 Å². The average molecular weight is 374 g/mol. The zero-order valence-electron chi connectivity index (χ0n) is 15.0. The lowest BCUT2D eigenvalue weighted by Crippen LogP contribution is -2.09. The van der Waals surface area contributed by atoms with Gasteiger partial charge >= 0.3 is 0 Å². The first-order valence-electron chi connectivity index (χ1n) is 8.58. The number of amides is 1. The molecule has 0 aliphatic rings. The Labute approximate surface area is 161 Å². The first-order chi connectivity index (χ1) is 13.1. The summed E-state index contributed by atoms with van der Waals surface area (Å²) in [5, 5.41) is 4.77. The summed E-state index contributed by atoms with van der Waals surface area (Å²) in [7, 11) is 0. The molecule has 0 aliphatic heterocycles. The van der Waals surface area contributed by atoms with Crippen molar-refractivity contribution in [1.29, 1.82) is 0 Å². The molecule has 134 valence electrons. The van der Waals surface area contributed by atoms with Crippen LogP contribution in [0.15, 0.2) is 70.7 Å². The molecule has 0 aliphatic carbocycles. The maximum atomic E-state index is 12.1. The molecule has 0 spiro atoms. The Morgan fingerprint density at radius 1 is 1.07 bits per heavy atom. The van der Waals surface area contributed by atoms with Crippen LogP contribution in [0.25, 0.3) is 22.7 Å². The van der Waals surface area contributed by atoms with E-state index >= 15 is 0 Å². The number of hydrogen-bond donors (Lipinski definition) is 1. The smallest absolute Gasteiger partial charge is 0.265 e. The van der Waals surface area contributed by atoms with Crippen LogP contribution in [0.3, 0.4) is 0 Å². The van der Waals surface area contributed by atoms with Crippen LogP contribution in [-0.2, 0) is 0 Å². The Morgan fingerprint density at radius 2 is 1.89 bits per heavy atom. The zero-order chi connectivity index (χ0) is 18.8. The van der Waals surface area contributed by atoms with Gasteiger partial charge in [-0.15, -0.1) is 11.3 Å². The van der Waals surface area contributed by atoms with Gasteiger partial charge in [-0.3, -0.25) is 4.79 Å². The minimum atomic E-state index is -0.105. The second kappa shape index (κ2) is 7.21. The fraction of sp³-hybridized carbons (Fsp3) is 0.0909. The van der Waals surface area contributed by atoms with E-state index in [1.807, 2.05) is 35.7 Å². The van der Waals surface area contributed by atoms with Crippen molar-refractivity contribution in [2.24, 2.45) is 0 Å². The number of nitrogens with zero attached hydrogens (tertiary/aromatic N) is 1. The van der Waals surface area contributed by atoms with Crippen molar-refractivity contribution >= 4 is 22.9 Å². The largest absolute Gasteiger partial charge is 0.444 e. The van der Waals surface area contributed by atoms with E-state index in [9.17, 15) is 4.79 Å². The lowest BCUT2D eigenvalue weighted by Gasteiger charge is -2.04. The number of nitrogens with one attached hydrogen (secondary N) is 1. The van der Waals surface area contributed by atoms with Crippen molar-refractivity contribution in [2.45, 2.75) is 13.8 Å². The van der Waals surface area contributed by atoms with Crippen molar-refractivity contribution < 1.29 is 9.21 Å². The Morgan fingerprint density at radius 3 is 2.63 bits per heavy atom. The molecule has 0 atom stereocenters. The highest BCUT2D eigenvalue weighted by Crippen LogP contribution is 2.28. The number of hydrogen-bond acceptors (Lipinski definition) is 4. The molecule has 5 heteroatoms. The summed E-state index contributed by atoms with van der Waals surface area (Å²) in [5.41, 5.74) is 5.84. The molecule has 0 saturated carbocycles. The summed E-state index contributed by atoms with van der Waals surface area (Å²) in [6.45, 7) is 4.13. The van der Waals surface area contributed by atoms with E-state index in [0.717, 1.165) is 28.1 Å². The van der Waals surface area contributed by atoms with Gasteiger partial charge in [0.1, 0.15) is 12.0 Å². The van der Waals surface area contributed by atoms with Gasteiger partial charge in [-0.2, -0.15) is 0 Å². The number of rotatable bonds is 4. The number of carbonyl (C=O) groups is 1. The van der Waals surface area contributed by atoms with Crippen LogP contribution >= 0.6 is 11.3 Å². The number of thiophene rings is 1. The van der Waals surface area contributed by atoms with Crippen LogP contribution in [0.1, 0.15) is 20.8 Å². The van der Waals surface area contributed by atoms with Crippen molar-refractivity contribution in [2.75, 3.05) is 5.32 Å². The standard InChI is InChI=1S/C22H18N2O2S/c1-14-5-6-15(2)18(12-14)19-13-26-22(24-19)16-7-9-17(10-8-16)23-21(25)20-4-3-11-27-20/h3-13H,1-2H3,(H,23,25). The molecular formula is C22H18N2O2S. The highest BCUT2D eigenvalue weighted by molar-refractivity contribution is 7.12. The molecule has 0 saturated heterocycles. The van der Waals surface area contributed by atoms with E-state index in [1.54, 1.807) is 12.3 Å². The van der Waals surface area contributed by atoms with Crippen LogP contribution in [0.5, 0.6) is 0 Å². The predicted octanol–water partition coefficient (Wildman–Crippen LogP) is 5.94. The molecule has 1 N–H and O–H groups in total. The fourth-order valence-corrected chi connectivity index (χ4v) is 3.46. The Bertz CT molecular complexity index is 1080. The van der Waals surface area contributed by atoms with Gasteiger partial charge in [-0.05, 0) is 61.2 Å². The number of benzene rings is 2. The maximum absolute atomic E-state index is 12.1. The normalized spacial score (nSPS) is 10.7. The highest BCUT2D eigenvalue weighted by Gasteiger charge is 2.11. The Kier molecular flexibility index (Phi) is 4.60. The summed E-state index contributed by atoms with van der Waals surface area (Å²) in [6, 6.07) is 17.4. The molecule has 0 fully saturated rings. The molecule has 4 rings (SSSR count). The van der Waals surface area contributed by atoms with Crippen molar-refractivity contribution in [1.82, 2.24) is 4.98 Å². The van der Waals surface area contributed by atoms with Crippen LogP contribution < -0.4 is 5.32 Å². The Hall–Kier alpha value is -3.18. The third-order valence-corrected chi connectivity index (χ3v) is 5.18. The monoisotopic (exact) mass is 374 g/mol. The van der Waals surface area contributed by atoms with Gasteiger partial charge in [-0.1, -0.05) is 23.8 Å². The van der Waals surface area contributed by atoms with E-state index in [4.69, 9.17) is 4.42 Å². The lowest BCUT2D eigenvalue weighted by atomic mass is 10.0. The number of aryl methyl sites for hydroxylation is 2. The summed E-state index contributed by atoms with van der Waals surface area (Å²) in [5.74, 6) is 0.452. The molecule has 0 bridgehead atoms. The number of anilines is 1. The predicted molar refractivity (Wildman–Crippen MR) is 109 cm³/mol. The number of oxazole rings is 1. The fourth-order valence-electron chi connectivity index (χ4n) is 2.84. The highest BCUT2D eigenvalue weighted by atomic mass is 32.1. The first kappa shape index (κ1) is 17.2. The average Bonchev–Trinajstić information content (AvgIpc) is 3.36. The minimum absolute atomic E-state index is 0.105. The molecule has 2 aromatic carbocycles. The molecule has 4 aromatic rings. The maximum Gasteiger partial charge on any atom is 0.265 e. The second-order valence-electron chi connectivity index (χ2n) is 6.37. The zero-order valence-corrected chi connectivity index (χ0v) is 15.8. The molecule has 1 amide bonds. The number of aromatic nitrogens is 1. The van der Waals surface area contributed by atoms with Gasteiger partial charge in [0.05, 0.1) is 4.88 Å². The summed E-state index contributed by atoms with van der Waals surface area (Å²) < 4.78 is 5.68. The Balaban J connectivity index is 1.54. The van der Waals surface area contributed by atoms with E-state index in [0.29, 0.717) is 10.8 Å². The minimum Gasteiger partial charge on any atom is -0.444 e. The van der Waals surface area contributed by atoms with Gasteiger partial charge < -0.3 is 9.73 Å². The molecule has 27 heavy (non-hydrogen) atoms. The van der Waals surface area contributed by atoms with Gasteiger partial charge in [0.15, 0.2) is 0 Å². The van der Waals surface area contributed by atoms with Gasteiger partial charge in [0.2, 0.25) is 5.89 Å². The van der Waals surface area contributed by atoms with E-state index < -0.39 is 0 Å². The molecular weight excluding hydrogens is 356 g/mol. The van der Waals surface area contributed by atoms with Gasteiger partial charge in [0, 0.05) is 16.8 Å². The quantitative estimate of drug-likeness (QED) is 0.481. The van der Waals surface area contributed by atoms with Crippen LogP contribution in [0.4, 0.5) is 5.69 Å². The van der Waals surface area contributed by atoms with E-state index in [-0.39, 0.29) is 5.91 Å². The van der Waals surface area contributed by atoms with E-state index in [2.05, 4.69) is 42.3 Å². The van der Waals surface area contributed by atoms with Crippen molar-refractivity contribution in [3.8, 4) is 22.7 Å². The lowest BCUT2D eigenvalue weighted by molar-refractivity contribution is 0.103. The van der Waals surface area contributed by atoms with Crippen LogP contribution in [0, 0.1) is 13.8 Å². The van der Waals surface area contributed by atoms with Crippen LogP contribution in [-0.4, -0.2) is 10.9 Å². The number of carbonyl (C=O) groups excluding carboxylic acids is 1. The van der Waals surface area contributed by atoms with Crippen LogP contribution in [0.2, 0.25) is 0 Å². The first-order valence-corrected chi connectivity index (χ1v) is 9.46. The summed E-state index contributed by atoms with van der Waals surface area (Å²) >= 11 is 1.42. The second-order valence-corrected chi connectivity index (χ2v) is 7.31. The SMILES string of the molecule is Cc1ccc(C)c(-c2coc(-c3ccc(NC(=O)c4cccs4)cc3)n2)c1. The van der Waals surface area contributed by atoms with Crippen molar-refractivity contribution in [3.63, 3.8) is 0 Å². The summed E-state index contributed by atoms with van der Waals surface area (Å²) in [6.07, 6.45) is 1.68. The molecule has 0 unspecified atom stereocenters. The van der Waals surface area contributed by atoms with Gasteiger partial charge in [0.25, 0.3) is 5.91 Å².